The van der Waals surface area contributed by atoms with E-state index in [0.29, 0.717) is 6.42 Å². The summed E-state index contributed by atoms with van der Waals surface area (Å²) in [6.07, 6.45) is 2.84. The van der Waals surface area contributed by atoms with Crippen molar-refractivity contribution in [3.05, 3.63) is 17.2 Å². The second-order valence-electron chi connectivity index (χ2n) is 5.44. The number of phenols is 3. The van der Waals surface area contributed by atoms with Crippen LogP contribution in [0.2, 0.25) is 0 Å². The standard InChI is InChI=1S/C15H20O6/c1-8(16)5-3-2-4-6-11-12-9(15(20)21-11)7-10(17)13(18)14(12)19/h7-8,11,16-19H,2-6H2,1H3. The monoisotopic (exact) mass is 296 g/mol. The van der Waals surface area contributed by atoms with E-state index in [1.807, 2.05) is 0 Å². The molecular formula is C15H20O6. The first kappa shape index (κ1) is 15.4. The average Bonchev–Trinajstić information content (AvgIpc) is 2.72. The molecule has 0 fully saturated rings. The normalized spacial score (nSPS) is 18.4. The van der Waals surface area contributed by atoms with Gasteiger partial charge in [0, 0.05) is 0 Å². The van der Waals surface area contributed by atoms with E-state index in [1.165, 1.54) is 0 Å². The van der Waals surface area contributed by atoms with Crippen LogP contribution in [0.3, 0.4) is 0 Å². The van der Waals surface area contributed by atoms with Gasteiger partial charge in [0.05, 0.1) is 17.2 Å². The van der Waals surface area contributed by atoms with Crippen molar-refractivity contribution in [3.63, 3.8) is 0 Å². The van der Waals surface area contributed by atoms with E-state index in [2.05, 4.69) is 0 Å². The summed E-state index contributed by atoms with van der Waals surface area (Å²) in [4.78, 5) is 11.7. The van der Waals surface area contributed by atoms with E-state index in [0.717, 1.165) is 31.7 Å². The highest BCUT2D eigenvalue weighted by Gasteiger charge is 2.36. The third-order valence-electron chi connectivity index (χ3n) is 3.67. The Morgan fingerprint density at radius 2 is 1.90 bits per heavy atom. The summed E-state index contributed by atoms with van der Waals surface area (Å²) in [5.41, 5.74) is 0.336. The molecule has 116 valence electrons. The minimum atomic E-state index is -0.633. The number of rotatable bonds is 6. The number of hydrogen-bond donors (Lipinski definition) is 4. The summed E-state index contributed by atoms with van der Waals surface area (Å²) in [7, 11) is 0. The first-order valence-corrected chi connectivity index (χ1v) is 7.08. The number of fused-ring (bicyclic) bond motifs is 1. The van der Waals surface area contributed by atoms with Crippen LogP contribution in [-0.4, -0.2) is 32.5 Å². The summed E-state index contributed by atoms with van der Waals surface area (Å²) in [5, 5.41) is 38.0. The van der Waals surface area contributed by atoms with E-state index in [-0.39, 0.29) is 17.2 Å². The van der Waals surface area contributed by atoms with Crippen molar-refractivity contribution in [2.45, 2.75) is 51.2 Å². The fourth-order valence-corrected chi connectivity index (χ4v) is 2.56. The fourth-order valence-electron chi connectivity index (χ4n) is 2.56. The van der Waals surface area contributed by atoms with Gasteiger partial charge in [-0.1, -0.05) is 12.8 Å². The molecule has 4 N–H and O–H groups in total. The van der Waals surface area contributed by atoms with Crippen molar-refractivity contribution < 1.29 is 30.0 Å². The zero-order valence-corrected chi connectivity index (χ0v) is 11.9. The zero-order chi connectivity index (χ0) is 15.6. The Hall–Kier alpha value is -1.95. The van der Waals surface area contributed by atoms with Crippen molar-refractivity contribution >= 4 is 5.97 Å². The number of esters is 1. The summed E-state index contributed by atoms with van der Waals surface area (Å²) in [6, 6.07) is 1.11. The van der Waals surface area contributed by atoms with E-state index in [9.17, 15) is 20.1 Å². The minimum Gasteiger partial charge on any atom is -0.504 e. The highest BCUT2D eigenvalue weighted by atomic mass is 16.5. The van der Waals surface area contributed by atoms with E-state index in [4.69, 9.17) is 9.84 Å². The Balaban J connectivity index is 2.03. The van der Waals surface area contributed by atoms with Gasteiger partial charge in [0.25, 0.3) is 0 Å². The van der Waals surface area contributed by atoms with E-state index >= 15 is 0 Å². The topological polar surface area (TPSA) is 107 Å². The van der Waals surface area contributed by atoms with E-state index < -0.39 is 29.3 Å². The molecule has 2 rings (SSSR count). The summed E-state index contributed by atoms with van der Waals surface area (Å²) in [5.74, 6) is -2.28. The lowest BCUT2D eigenvalue weighted by atomic mass is 9.98. The Labute approximate surface area is 122 Å². The molecule has 0 amide bonds. The van der Waals surface area contributed by atoms with Gasteiger partial charge < -0.3 is 25.2 Å². The maximum atomic E-state index is 11.7. The predicted molar refractivity (Wildman–Crippen MR) is 74.4 cm³/mol. The number of carbonyl (C=O) groups is 1. The van der Waals surface area contributed by atoms with Gasteiger partial charge in [-0.3, -0.25) is 0 Å². The number of unbranched alkanes of at least 4 members (excludes halogenated alkanes) is 2. The number of ether oxygens (including phenoxy) is 1. The number of phenolic OH excluding ortho intramolecular Hbond substituents is 3. The summed E-state index contributed by atoms with van der Waals surface area (Å²) < 4.78 is 5.18. The Bertz CT molecular complexity index is 537. The maximum Gasteiger partial charge on any atom is 0.339 e. The number of aliphatic hydroxyl groups excluding tert-OH is 1. The van der Waals surface area contributed by atoms with Crippen LogP contribution in [-0.2, 0) is 4.74 Å². The number of aliphatic hydroxyl groups is 1. The largest absolute Gasteiger partial charge is 0.504 e. The quantitative estimate of drug-likeness (QED) is 0.364. The van der Waals surface area contributed by atoms with Crippen LogP contribution in [0.25, 0.3) is 0 Å². The third kappa shape index (κ3) is 3.21. The van der Waals surface area contributed by atoms with Crippen molar-refractivity contribution in [2.24, 2.45) is 0 Å². The molecule has 0 aliphatic carbocycles. The first-order valence-electron chi connectivity index (χ1n) is 7.08. The molecule has 6 heteroatoms. The van der Waals surface area contributed by atoms with Crippen molar-refractivity contribution in [2.75, 3.05) is 0 Å². The zero-order valence-electron chi connectivity index (χ0n) is 11.9. The van der Waals surface area contributed by atoms with Gasteiger partial charge in [0.2, 0.25) is 5.75 Å². The molecule has 21 heavy (non-hydrogen) atoms. The number of hydrogen-bond acceptors (Lipinski definition) is 6. The van der Waals surface area contributed by atoms with Gasteiger partial charge in [-0.2, -0.15) is 0 Å². The van der Waals surface area contributed by atoms with Crippen LogP contribution < -0.4 is 0 Å². The number of aromatic hydroxyl groups is 3. The molecule has 6 nitrogen and oxygen atoms in total. The van der Waals surface area contributed by atoms with Crippen molar-refractivity contribution in [1.82, 2.24) is 0 Å². The summed E-state index contributed by atoms with van der Waals surface area (Å²) >= 11 is 0. The fraction of sp³-hybridized carbons (Fsp3) is 0.533. The molecule has 0 spiro atoms. The minimum absolute atomic E-state index is 0.0942. The summed E-state index contributed by atoms with van der Waals surface area (Å²) in [6.45, 7) is 1.74. The molecule has 2 atom stereocenters. The lowest BCUT2D eigenvalue weighted by Crippen LogP contribution is -2.01. The highest BCUT2D eigenvalue weighted by molar-refractivity contribution is 5.96. The molecule has 2 unspecified atom stereocenters. The molecule has 0 radical (unpaired) electrons. The van der Waals surface area contributed by atoms with Gasteiger partial charge >= 0.3 is 5.97 Å². The first-order chi connectivity index (χ1) is 9.91. The maximum absolute atomic E-state index is 11.7. The van der Waals surface area contributed by atoms with Crippen LogP contribution >= 0.6 is 0 Å². The van der Waals surface area contributed by atoms with Crippen LogP contribution in [0.1, 0.15) is 61.1 Å². The molecule has 1 aliphatic rings. The second-order valence-corrected chi connectivity index (χ2v) is 5.44. The van der Waals surface area contributed by atoms with Crippen LogP contribution in [0.4, 0.5) is 0 Å². The third-order valence-corrected chi connectivity index (χ3v) is 3.67. The second kappa shape index (κ2) is 6.22. The molecule has 1 aliphatic heterocycles. The van der Waals surface area contributed by atoms with Crippen LogP contribution in [0, 0.1) is 0 Å². The van der Waals surface area contributed by atoms with Crippen molar-refractivity contribution in [1.29, 1.82) is 0 Å². The predicted octanol–water partition coefficient (Wildman–Crippen LogP) is 2.35. The Kier molecular flexibility index (Phi) is 4.57. The smallest absolute Gasteiger partial charge is 0.339 e. The number of benzene rings is 1. The van der Waals surface area contributed by atoms with Crippen LogP contribution in [0.15, 0.2) is 6.07 Å². The molecule has 0 bridgehead atoms. The Morgan fingerprint density at radius 3 is 2.57 bits per heavy atom. The van der Waals surface area contributed by atoms with Gasteiger partial charge in [-0.15, -0.1) is 0 Å². The Morgan fingerprint density at radius 1 is 1.19 bits per heavy atom. The number of cyclic esters (lactones) is 1. The average molecular weight is 296 g/mol. The molecule has 1 aromatic rings. The molecule has 0 saturated heterocycles. The molecule has 1 aromatic carbocycles. The van der Waals surface area contributed by atoms with Gasteiger partial charge in [0.1, 0.15) is 6.10 Å². The molecular weight excluding hydrogens is 276 g/mol. The van der Waals surface area contributed by atoms with Gasteiger partial charge in [-0.05, 0) is 32.3 Å². The number of carbonyl (C=O) groups excluding carboxylic acids is 1. The molecule has 0 aromatic heterocycles. The lowest BCUT2D eigenvalue weighted by molar-refractivity contribution is 0.0360. The SMILES string of the molecule is CC(O)CCCCCC1OC(=O)c2cc(O)c(O)c(O)c21. The van der Waals surface area contributed by atoms with Gasteiger partial charge in [-0.25, -0.2) is 4.79 Å². The van der Waals surface area contributed by atoms with Gasteiger partial charge in [0.15, 0.2) is 11.5 Å². The molecule has 1 heterocycles. The van der Waals surface area contributed by atoms with Crippen LogP contribution in [0.5, 0.6) is 17.2 Å². The van der Waals surface area contributed by atoms with E-state index in [1.54, 1.807) is 6.92 Å². The lowest BCUT2D eigenvalue weighted by Gasteiger charge is -2.12. The van der Waals surface area contributed by atoms with Crippen molar-refractivity contribution in [3.8, 4) is 17.2 Å². The molecule has 0 saturated carbocycles. The highest BCUT2D eigenvalue weighted by Crippen LogP contribution is 2.48.